The van der Waals surface area contributed by atoms with Crippen LogP contribution in [-0.4, -0.2) is 9.38 Å². The summed E-state index contributed by atoms with van der Waals surface area (Å²) in [6.07, 6.45) is 8.44. The van der Waals surface area contributed by atoms with Gasteiger partial charge in [-0.15, -0.1) is 0 Å². The molecular formula is C68H44N2. The van der Waals surface area contributed by atoms with Crippen LogP contribution in [0.25, 0.3) is 143 Å². The molecule has 2 heterocycles. The van der Waals surface area contributed by atoms with E-state index in [0.29, 0.717) is 0 Å². The number of nitrogens with zero attached hydrogens (tertiary/aromatic N) is 2. The normalized spacial score (nSPS) is 12.2. The quantitative estimate of drug-likeness (QED) is 0.0924. The van der Waals surface area contributed by atoms with Crippen molar-refractivity contribution >= 4 is 98.3 Å². The van der Waals surface area contributed by atoms with Crippen molar-refractivity contribution in [1.29, 1.82) is 0 Å². The van der Waals surface area contributed by atoms with Gasteiger partial charge in [0.05, 0.1) is 16.6 Å². The highest BCUT2D eigenvalue weighted by molar-refractivity contribution is 6.27. The highest BCUT2D eigenvalue weighted by Crippen LogP contribution is 2.46. The van der Waals surface area contributed by atoms with Crippen LogP contribution in [0.3, 0.4) is 0 Å². The average molecular weight is 889 g/mol. The monoisotopic (exact) mass is 888 g/mol. The van der Waals surface area contributed by atoms with Crippen LogP contribution < -0.4 is 0 Å². The molecule has 0 spiro atoms. The molecule has 2 heteroatoms. The molecule has 0 N–H and O–H groups in total. The summed E-state index contributed by atoms with van der Waals surface area (Å²) in [7, 11) is 0. The van der Waals surface area contributed by atoms with Gasteiger partial charge >= 0.3 is 0 Å². The van der Waals surface area contributed by atoms with Crippen LogP contribution in [0.2, 0.25) is 0 Å². The van der Waals surface area contributed by atoms with Gasteiger partial charge in [0.15, 0.2) is 0 Å². The molecule has 0 saturated heterocycles. The number of aromatic nitrogens is 2. The maximum atomic E-state index is 5.45. The molecule has 0 fully saturated rings. The fourth-order valence-electron chi connectivity index (χ4n) is 11.4. The van der Waals surface area contributed by atoms with E-state index in [9.17, 15) is 0 Å². The van der Waals surface area contributed by atoms with E-state index in [-0.39, 0.29) is 0 Å². The highest BCUT2D eigenvalue weighted by Gasteiger charge is 2.21. The summed E-state index contributed by atoms with van der Waals surface area (Å²) in [5.41, 5.74) is 15.2. The number of rotatable bonds is 6. The Kier molecular flexibility index (Phi) is 9.15. The van der Waals surface area contributed by atoms with E-state index < -0.39 is 0 Å². The summed E-state index contributed by atoms with van der Waals surface area (Å²) in [6, 6.07) is 83.0. The molecular weight excluding hydrogens is 845 g/mol. The van der Waals surface area contributed by atoms with Crippen molar-refractivity contribution in [3.8, 4) is 44.5 Å². The highest BCUT2D eigenvalue weighted by atomic mass is 15.0. The van der Waals surface area contributed by atoms with Gasteiger partial charge in [-0.25, -0.2) is 4.98 Å². The first-order chi connectivity index (χ1) is 34.7. The molecule has 14 aromatic rings. The maximum absolute atomic E-state index is 5.45. The van der Waals surface area contributed by atoms with Crippen molar-refractivity contribution in [2.45, 2.75) is 6.92 Å². The maximum Gasteiger partial charge on any atom is 0.146 e. The largest absolute Gasteiger partial charge is 0.291 e. The van der Waals surface area contributed by atoms with Crippen LogP contribution in [0, 0.1) is 0 Å². The Morgan fingerprint density at radius 1 is 0.343 bits per heavy atom. The number of hydrogen-bond donors (Lipinski definition) is 0. The fraction of sp³-hybridized carbons (Fsp3) is 0.0147. The van der Waals surface area contributed by atoms with Crippen molar-refractivity contribution < 1.29 is 0 Å². The molecule has 0 aliphatic carbocycles. The van der Waals surface area contributed by atoms with Crippen LogP contribution in [-0.2, 0) is 0 Å². The lowest BCUT2D eigenvalue weighted by atomic mass is 9.84. The van der Waals surface area contributed by atoms with Gasteiger partial charge in [-0.3, -0.25) is 4.40 Å². The minimum atomic E-state index is 0.988. The smallest absolute Gasteiger partial charge is 0.146 e. The molecule has 70 heavy (non-hydrogen) atoms. The van der Waals surface area contributed by atoms with Gasteiger partial charge in [-0.05, 0) is 136 Å². The number of fused-ring (bicyclic) bond motifs is 16. The van der Waals surface area contributed by atoms with Crippen LogP contribution in [0.4, 0.5) is 0 Å². The Hall–Kier alpha value is -9.11. The molecule has 14 rings (SSSR count). The molecule has 0 unspecified atom stereocenters. The molecule has 2 nitrogen and oxygen atoms in total. The zero-order valence-electron chi connectivity index (χ0n) is 38.6. The van der Waals surface area contributed by atoms with E-state index in [1.165, 1.54) is 115 Å². The third-order valence-corrected chi connectivity index (χ3v) is 14.6. The minimum absolute atomic E-state index is 0.988. The van der Waals surface area contributed by atoms with Gasteiger partial charge in [0.1, 0.15) is 5.65 Å². The Morgan fingerprint density at radius 3 is 1.60 bits per heavy atom. The summed E-state index contributed by atoms with van der Waals surface area (Å²) in [5.74, 6) is 0. The van der Waals surface area contributed by atoms with E-state index in [2.05, 4.69) is 253 Å². The van der Waals surface area contributed by atoms with E-state index in [0.717, 1.165) is 27.6 Å². The van der Waals surface area contributed by atoms with E-state index in [4.69, 9.17) is 4.98 Å². The first-order valence-corrected chi connectivity index (χ1v) is 24.2. The number of hydrogen-bond acceptors (Lipinski definition) is 1. The van der Waals surface area contributed by atoms with E-state index in [1.54, 1.807) is 0 Å². The lowest BCUT2D eigenvalue weighted by Crippen LogP contribution is -1.93. The van der Waals surface area contributed by atoms with Crippen molar-refractivity contribution in [1.82, 2.24) is 9.38 Å². The molecule has 0 aliphatic rings. The number of imidazole rings is 1. The summed E-state index contributed by atoms with van der Waals surface area (Å²) in [5, 5.41) is 15.9. The fourth-order valence-corrected chi connectivity index (χ4v) is 11.4. The molecule has 0 atom stereocenters. The molecule has 12 aromatic carbocycles. The summed E-state index contributed by atoms with van der Waals surface area (Å²) in [6.45, 7) is 2.05. The van der Waals surface area contributed by atoms with Gasteiger partial charge in [-0.2, -0.15) is 0 Å². The van der Waals surface area contributed by atoms with Gasteiger partial charge in [0.2, 0.25) is 0 Å². The zero-order chi connectivity index (χ0) is 46.3. The zero-order valence-corrected chi connectivity index (χ0v) is 38.6. The van der Waals surface area contributed by atoms with Crippen LogP contribution in [0.15, 0.2) is 243 Å². The second kappa shape index (κ2) is 16.0. The van der Waals surface area contributed by atoms with Crippen molar-refractivity contribution in [2.75, 3.05) is 0 Å². The Labute approximate surface area is 405 Å². The van der Waals surface area contributed by atoms with Gasteiger partial charge in [0.25, 0.3) is 0 Å². The summed E-state index contributed by atoms with van der Waals surface area (Å²) in [4.78, 5) is 5.45. The second-order valence-electron chi connectivity index (χ2n) is 18.5. The lowest BCUT2D eigenvalue weighted by molar-refractivity contribution is 1.32. The summed E-state index contributed by atoms with van der Waals surface area (Å²) < 4.78 is 2.41. The SMILES string of the molecule is C/C=C\C=C/c1cccc(-c2c3ccccc3c(-c3ccc4ccccc4c3)c3cc(-c4ccc(-c5ccc6c(c5)c5ccccc5c5nc7c8ccccc8c8ccccc8c7n65)cc4)ccc23)c1. The molecule has 0 amide bonds. The van der Waals surface area contributed by atoms with E-state index in [1.807, 2.05) is 6.92 Å². The van der Waals surface area contributed by atoms with Crippen molar-refractivity contribution in [3.63, 3.8) is 0 Å². The minimum Gasteiger partial charge on any atom is -0.291 e. The Morgan fingerprint density at radius 2 is 0.871 bits per heavy atom. The van der Waals surface area contributed by atoms with Crippen LogP contribution in [0.1, 0.15) is 12.5 Å². The van der Waals surface area contributed by atoms with Crippen molar-refractivity contribution in [2.24, 2.45) is 0 Å². The summed E-state index contributed by atoms with van der Waals surface area (Å²) >= 11 is 0. The van der Waals surface area contributed by atoms with Gasteiger partial charge in [-0.1, -0.05) is 218 Å². The molecule has 2 aromatic heterocycles. The third kappa shape index (κ3) is 6.24. The van der Waals surface area contributed by atoms with Gasteiger partial charge in [0, 0.05) is 21.5 Å². The Balaban J connectivity index is 0.936. The van der Waals surface area contributed by atoms with Gasteiger partial charge < -0.3 is 0 Å². The lowest BCUT2D eigenvalue weighted by Gasteiger charge is -2.19. The number of benzene rings is 12. The third-order valence-electron chi connectivity index (χ3n) is 14.6. The second-order valence-corrected chi connectivity index (χ2v) is 18.5. The molecule has 0 radical (unpaired) electrons. The number of allylic oxidation sites excluding steroid dienone is 3. The first kappa shape index (κ1) is 40.0. The average Bonchev–Trinajstić information content (AvgIpc) is 3.84. The molecule has 0 saturated carbocycles. The standard InChI is InChI=1S/C68H44N2/c1-2-3-4-16-43-17-15-20-50(39-43)64-55-24-10-11-25-56(55)65(51-34-33-44-18-5-6-19-47(44)40-51)62-42-48(35-37-57(62)64)45-29-31-46(32-30-45)49-36-38-63-61(41-49)54-23-9-14-28-60(54)68-69-66-58-26-12-7-21-52(58)53-22-8-13-27-59(53)67(66)70(63)68/h2-42H,1H3/b3-2-,16-4-. The molecule has 0 aliphatic heterocycles. The molecule has 0 bridgehead atoms. The molecule has 326 valence electrons. The van der Waals surface area contributed by atoms with Crippen LogP contribution in [0.5, 0.6) is 0 Å². The predicted molar refractivity (Wildman–Crippen MR) is 301 cm³/mol. The first-order valence-electron chi connectivity index (χ1n) is 24.2. The van der Waals surface area contributed by atoms with E-state index >= 15 is 0 Å². The predicted octanol–water partition coefficient (Wildman–Crippen LogP) is 18.8. The Bertz CT molecular complexity index is 4530. The van der Waals surface area contributed by atoms with Crippen LogP contribution >= 0.6 is 0 Å². The number of pyridine rings is 1. The topological polar surface area (TPSA) is 17.3 Å². The van der Waals surface area contributed by atoms with Crippen molar-refractivity contribution in [3.05, 3.63) is 248 Å².